The number of methoxy groups -OCH3 is 2. The summed E-state index contributed by atoms with van der Waals surface area (Å²) in [5.74, 6) is -0.493. The monoisotopic (exact) mass is 368 g/mol. The standard InChI is InChI=1S/C20H14F2N2O3/c1-26-18-6-3-11(7-19(18)27-2)17-9-13(15(10-23)20(25)24-17)14-8-12(21)4-5-16(14)22/h3-9H,1-2H3,(H,24,25). The summed E-state index contributed by atoms with van der Waals surface area (Å²) in [6.07, 6.45) is 0. The van der Waals surface area contributed by atoms with Gasteiger partial charge in [0.15, 0.2) is 11.5 Å². The highest BCUT2D eigenvalue weighted by Gasteiger charge is 2.17. The predicted octanol–water partition coefficient (Wildman–Crippen LogP) is 3.88. The third-order valence-corrected chi connectivity index (χ3v) is 4.06. The largest absolute Gasteiger partial charge is 0.493 e. The van der Waals surface area contributed by atoms with Gasteiger partial charge in [-0.3, -0.25) is 4.79 Å². The molecule has 0 radical (unpaired) electrons. The maximum Gasteiger partial charge on any atom is 0.266 e. The van der Waals surface area contributed by atoms with E-state index in [1.54, 1.807) is 24.3 Å². The van der Waals surface area contributed by atoms with Gasteiger partial charge in [-0.25, -0.2) is 8.78 Å². The van der Waals surface area contributed by atoms with E-state index in [1.807, 2.05) is 0 Å². The summed E-state index contributed by atoms with van der Waals surface area (Å²) in [5, 5.41) is 9.31. The van der Waals surface area contributed by atoms with Gasteiger partial charge in [0.1, 0.15) is 23.3 Å². The highest BCUT2D eigenvalue weighted by molar-refractivity contribution is 5.76. The lowest BCUT2D eigenvalue weighted by atomic mass is 9.98. The van der Waals surface area contributed by atoms with Gasteiger partial charge in [-0.1, -0.05) is 0 Å². The quantitative estimate of drug-likeness (QED) is 0.758. The number of benzene rings is 2. The molecule has 1 aromatic heterocycles. The molecule has 2 aromatic carbocycles. The lowest BCUT2D eigenvalue weighted by Gasteiger charge is -2.12. The van der Waals surface area contributed by atoms with Crippen molar-refractivity contribution in [3.63, 3.8) is 0 Å². The molecule has 0 atom stereocenters. The summed E-state index contributed by atoms with van der Waals surface area (Å²) in [6, 6.07) is 11.0. The lowest BCUT2D eigenvalue weighted by Crippen LogP contribution is -2.13. The van der Waals surface area contributed by atoms with Crippen LogP contribution in [0.15, 0.2) is 47.3 Å². The summed E-state index contributed by atoms with van der Waals surface area (Å²) < 4.78 is 38.3. The van der Waals surface area contributed by atoms with Gasteiger partial charge in [-0.05, 0) is 42.5 Å². The maximum absolute atomic E-state index is 14.2. The second kappa shape index (κ2) is 7.30. The average molecular weight is 368 g/mol. The van der Waals surface area contributed by atoms with E-state index in [0.29, 0.717) is 22.8 Å². The zero-order valence-corrected chi connectivity index (χ0v) is 14.5. The molecule has 0 saturated carbocycles. The summed E-state index contributed by atoms with van der Waals surface area (Å²) in [7, 11) is 2.96. The van der Waals surface area contributed by atoms with Crippen LogP contribution < -0.4 is 15.0 Å². The van der Waals surface area contributed by atoms with Gasteiger partial charge in [0.25, 0.3) is 5.56 Å². The van der Waals surface area contributed by atoms with E-state index in [2.05, 4.69) is 4.98 Å². The summed E-state index contributed by atoms with van der Waals surface area (Å²) in [4.78, 5) is 14.9. The molecule has 0 fully saturated rings. The number of ether oxygens (including phenoxy) is 2. The fourth-order valence-corrected chi connectivity index (χ4v) is 2.75. The molecule has 0 amide bonds. The molecule has 0 aliphatic carbocycles. The van der Waals surface area contributed by atoms with Crippen molar-refractivity contribution in [2.75, 3.05) is 14.2 Å². The van der Waals surface area contributed by atoms with Crippen LogP contribution in [0.25, 0.3) is 22.4 Å². The van der Waals surface area contributed by atoms with E-state index in [0.717, 1.165) is 18.2 Å². The molecule has 136 valence electrons. The summed E-state index contributed by atoms with van der Waals surface area (Å²) in [6.45, 7) is 0. The predicted molar refractivity (Wildman–Crippen MR) is 95.7 cm³/mol. The zero-order valence-electron chi connectivity index (χ0n) is 14.5. The molecule has 0 bridgehead atoms. The number of hydrogen-bond donors (Lipinski definition) is 1. The summed E-state index contributed by atoms with van der Waals surface area (Å²) >= 11 is 0. The van der Waals surface area contributed by atoms with E-state index < -0.39 is 17.2 Å². The molecule has 1 heterocycles. The van der Waals surface area contributed by atoms with Crippen LogP contribution in [0, 0.1) is 23.0 Å². The number of aromatic nitrogens is 1. The van der Waals surface area contributed by atoms with E-state index in [9.17, 15) is 18.8 Å². The van der Waals surface area contributed by atoms with Crippen LogP contribution in [0.3, 0.4) is 0 Å². The van der Waals surface area contributed by atoms with Crippen LogP contribution in [0.4, 0.5) is 8.78 Å². The molecule has 0 aliphatic heterocycles. The molecule has 0 spiro atoms. The van der Waals surface area contributed by atoms with Gasteiger partial charge < -0.3 is 14.5 Å². The zero-order chi connectivity index (χ0) is 19.6. The second-order valence-electron chi connectivity index (χ2n) is 5.61. The highest BCUT2D eigenvalue weighted by Crippen LogP contribution is 2.33. The van der Waals surface area contributed by atoms with Gasteiger partial charge in [0.2, 0.25) is 0 Å². The number of pyridine rings is 1. The smallest absolute Gasteiger partial charge is 0.266 e. The van der Waals surface area contributed by atoms with Gasteiger partial charge in [0, 0.05) is 22.4 Å². The average Bonchev–Trinajstić information content (AvgIpc) is 2.68. The van der Waals surface area contributed by atoms with Crippen molar-refractivity contribution < 1.29 is 18.3 Å². The van der Waals surface area contributed by atoms with Crippen LogP contribution in [-0.2, 0) is 0 Å². The van der Waals surface area contributed by atoms with E-state index in [-0.39, 0.29) is 16.7 Å². The Morgan fingerprint density at radius 3 is 2.37 bits per heavy atom. The van der Waals surface area contributed by atoms with Crippen LogP contribution in [0.1, 0.15) is 5.56 Å². The van der Waals surface area contributed by atoms with Crippen LogP contribution >= 0.6 is 0 Å². The number of rotatable bonds is 4. The lowest BCUT2D eigenvalue weighted by molar-refractivity contribution is 0.355. The maximum atomic E-state index is 14.2. The minimum Gasteiger partial charge on any atom is -0.493 e. The molecular formula is C20H14F2N2O3. The minimum atomic E-state index is -0.739. The topological polar surface area (TPSA) is 75.1 Å². The van der Waals surface area contributed by atoms with Crippen molar-refractivity contribution in [2.45, 2.75) is 0 Å². The molecule has 7 heteroatoms. The number of aromatic amines is 1. The van der Waals surface area contributed by atoms with Crippen molar-refractivity contribution in [1.29, 1.82) is 5.26 Å². The fraction of sp³-hybridized carbons (Fsp3) is 0.100. The normalized spacial score (nSPS) is 10.3. The fourth-order valence-electron chi connectivity index (χ4n) is 2.75. The number of halogens is 2. The van der Waals surface area contributed by atoms with Gasteiger partial charge in [-0.2, -0.15) is 5.26 Å². The number of nitriles is 1. The molecule has 3 aromatic rings. The van der Waals surface area contributed by atoms with Crippen molar-refractivity contribution in [3.8, 4) is 40.0 Å². The Kier molecular flexibility index (Phi) is 4.90. The molecule has 27 heavy (non-hydrogen) atoms. The van der Waals surface area contributed by atoms with Crippen molar-refractivity contribution >= 4 is 0 Å². The minimum absolute atomic E-state index is 0.00281. The number of nitrogens with one attached hydrogen (secondary N) is 1. The number of nitrogens with zero attached hydrogens (tertiary/aromatic N) is 1. The van der Waals surface area contributed by atoms with Crippen LogP contribution in [-0.4, -0.2) is 19.2 Å². The Morgan fingerprint density at radius 1 is 0.963 bits per heavy atom. The van der Waals surface area contributed by atoms with Crippen molar-refractivity contribution in [3.05, 3.63) is 70.0 Å². The van der Waals surface area contributed by atoms with Gasteiger partial charge in [0.05, 0.1) is 14.2 Å². The van der Waals surface area contributed by atoms with Crippen LogP contribution in [0.2, 0.25) is 0 Å². The first kappa shape index (κ1) is 18.1. The Balaban J connectivity index is 2.26. The molecule has 0 saturated heterocycles. The van der Waals surface area contributed by atoms with Crippen molar-refractivity contribution in [1.82, 2.24) is 4.98 Å². The SMILES string of the molecule is COc1ccc(-c2cc(-c3cc(F)ccc3F)c(C#N)c(=O)[nH]2)cc1OC. The number of hydrogen-bond acceptors (Lipinski definition) is 4. The first-order chi connectivity index (χ1) is 13.0. The van der Waals surface area contributed by atoms with E-state index >= 15 is 0 Å². The second-order valence-corrected chi connectivity index (χ2v) is 5.61. The van der Waals surface area contributed by atoms with Crippen molar-refractivity contribution in [2.24, 2.45) is 0 Å². The molecule has 3 rings (SSSR count). The highest BCUT2D eigenvalue weighted by atomic mass is 19.1. The summed E-state index contributed by atoms with van der Waals surface area (Å²) in [5.41, 5.74) is -0.305. The Bertz CT molecular complexity index is 1120. The first-order valence-corrected chi connectivity index (χ1v) is 7.83. The Hall–Kier alpha value is -3.66. The molecule has 0 aliphatic rings. The first-order valence-electron chi connectivity index (χ1n) is 7.83. The molecular weight excluding hydrogens is 354 g/mol. The number of H-pyrrole nitrogens is 1. The third kappa shape index (κ3) is 3.37. The van der Waals surface area contributed by atoms with Gasteiger partial charge >= 0.3 is 0 Å². The Morgan fingerprint density at radius 2 is 1.70 bits per heavy atom. The van der Waals surface area contributed by atoms with Gasteiger partial charge in [-0.15, -0.1) is 0 Å². The van der Waals surface area contributed by atoms with Crippen LogP contribution in [0.5, 0.6) is 11.5 Å². The Labute approximate surface area is 153 Å². The molecule has 0 unspecified atom stereocenters. The molecule has 1 N–H and O–H groups in total. The molecule has 5 nitrogen and oxygen atoms in total. The third-order valence-electron chi connectivity index (χ3n) is 4.06. The van der Waals surface area contributed by atoms with E-state index in [4.69, 9.17) is 9.47 Å². The van der Waals surface area contributed by atoms with E-state index in [1.165, 1.54) is 20.3 Å².